The van der Waals surface area contributed by atoms with E-state index in [1.54, 1.807) is 0 Å². The van der Waals surface area contributed by atoms with E-state index in [0.29, 0.717) is 6.04 Å². The van der Waals surface area contributed by atoms with Crippen molar-refractivity contribution in [2.75, 3.05) is 26.2 Å². The Morgan fingerprint density at radius 1 is 1.21 bits per heavy atom. The monoisotopic (exact) mass is 508 g/mol. The first-order valence-corrected chi connectivity index (χ1v) is 10.3. The number of aliphatic imine (C=N–C) groups is 1. The number of hydrogen-bond donors (Lipinski definition) is 2. The number of hydrogen-bond acceptors (Lipinski definition) is 4. The molecular formula is C22H33IN6. The van der Waals surface area contributed by atoms with Crippen LogP contribution in [0.5, 0.6) is 0 Å². The van der Waals surface area contributed by atoms with Crippen LogP contribution < -0.4 is 10.6 Å². The van der Waals surface area contributed by atoms with Crippen LogP contribution in [0.15, 0.2) is 47.8 Å². The summed E-state index contributed by atoms with van der Waals surface area (Å²) in [5.74, 6) is 0.928. The third kappa shape index (κ3) is 7.89. The summed E-state index contributed by atoms with van der Waals surface area (Å²) in [5, 5.41) is 7.01. The average Bonchev–Trinajstić information content (AvgIpc) is 2.72. The third-order valence-corrected chi connectivity index (χ3v) is 5.17. The number of likely N-dealkylation sites (tertiary alicyclic amines) is 1. The highest BCUT2D eigenvalue weighted by atomic mass is 127. The van der Waals surface area contributed by atoms with Crippen LogP contribution in [0.4, 0.5) is 0 Å². The maximum atomic E-state index is 4.78. The van der Waals surface area contributed by atoms with E-state index in [2.05, 4.69) is 57.5 Å². The van der Waals surface area contributed by atoms with Crippen LogP contribution in [-0.4, -0.2) is 53.0 Å². The zero-order valence-electron chi connectivity index (χ0n) is 17.5. The highest BCUT2D eigenvalue weighted by molar-refractivity contribution is 14.0. The largest absolute Gasteiger partial charge is 0.357 e. The molecule has 1 saturated heterocycles. The van der Waals surface area contributed by atoms with Gasteiger partial charge in [-0.05, 0) is 62.4 Å². The van der Waals surface area contributed by atoms with Gasteiger partial charge in [-0.3, -0.25) is 19.9 Å². The van der Waals surface area contributed by atoms with Gasteiger partial charge in [-0.1, -0.05) is 6.07 Å². The molecule has 1 aliphatic rings. The van der Waals surface area contributed by atoms with Gasteiger partial charge in [-0.15, -0.1) is 24.0 Å². The molecule has 6 nitrogen and oxygen atoms in total. The van der Waals surface area contributed by atoms with Crippen LogP contribution in [0.25, 0.3) is 0 Å². The number of nitrogens with zero attached hydrogens (tertiary/aromatic N) is 4. The van der Waals surface area contributed by atoms with Crippen molar-refractivity contribution in [1.82, 2.24) is 25.5 Å². The lowest BCUT2D eigenvalue weighted by molar-refractivity contribution is 0.196. The van der Waals surface area contributed by atoms with E-state index in [0.717, 1.165) is 63.6 Å². The van der Waals surface area contributed by atoms with Crippen LogP contribution in [0, 0.1) is 6.92 Å². The zero-order chi connectivity index (χ0) is 19.6. The molecule has 0 radical (unpaired) electrons. The molecule has 0 aromatic carbocycles. The van der Waals surface area contributed by atoms with Gasteiger partial charge in [0.2, 0.25) is 0 Å². The van der Waals surface area contributed by atoms with Crippen molar-refractivity contribution in [1.29, 1.82) is 0 Å². The molecule has 2 aromatic rings. The van der Waals surface area contributed by atoms with Gasteiger partial charge in [0.1, 0.15) is 0 Å². The summed E-state index contributed by atoms with van der Waals surface area (Å²) in [5.41, 5.74) is 3.70. The quantitative estimate of drug-likeness (QED) is 0.342. The Bertz CT molecular complexity index is 744. The normalized spacial score (nSPS) is 15.6. The van der Waals surface area contributed by atoms with Crippen LogP contribution in [0.1, 0.15) is 36.6 Å². The van der Waals surface area contributed by atoms with Crippen molar-refractivity contribution >= 4 is 29.9 Å². The molecule has 0 spiro atoms. The van der Waals surface area contributed by atoms with Crippen molar-refractivity contribution in [3.05, 3.63) is 59.7 Å². The minimum absolute atomic E-state index is 0. The Morgan fingerprint density at radius 2 is 2.03 bits per heavy atom. The van der Waals surface area contributed by atoms with Gasteiger partial charge in [-0.2, -0.15) is 0 Å². The summed E-state index contributed by atoms with van der Waals surface area (Å²) < 4.78 is 0. The minimum Gasteiger partial charge on any atom is -0.357 e. The molecule has 0 atom stereocenters. The van der Waals surface area contributed by atoms with Crippen LogP contribution in [0.3, 0.4) is 0 Å². The molecule has 0 bridgehead atoms. The lowest BCUT2D eigenvalue weighted by atomic mass is 10.0. The average molecular weight is 508 g/mol. The molecule has 29 heavy (non-hydrogen) atoms. The lowest BCUT2D eigenvalue weighted by Crippen LogP contribution is -2.48. The van der Waals surface area contributed by atoms with Gasteiger partial charge in [0.15, 0.2) is 5.96 Å². The third-order valence-electron chi connectivity index (χ3n) is 5.17. The molecule has 1 aliphatic heterocycles. The molecule has 3 heterocycles. The highest BCUT2D eigenvalue weighted by Crippen LogP contribution is 2.13. The molecule has 158 valence electrons. The molecule has 7 heteroatoms. The Hall–Kier alpha value is -1.74. The summed E-state index contributed by atoms with van der Waals surface area (Å²) >= 11 is 0. The fourth-order valence-electron chi connectivity index (χ4n) is 3.54. The maximum absolute atomic E-state index is 4.78. The molecular weight excluding hydrogens is 475 g/mol. The van der Waals surface area contributed by atoms with Gasteiger partial charge in [0, 0.05) is 57.4 Å². The Morgan fingerprint density at radius 3 is 2.72 bits per heavy atom. The smallest absolute Gasteiger partial charge is 0.191 e. The van der Waals surface area contributed by atoms with Gasteiger partial charge in [0.05, 0.1) is 5.69 Å². The molecule has 3 rings (SSSR count). The number of rotatable bonds is 7. The van der Waals surface area contributed by atoms with Gasteiger partial charge in [-0.25, -0.2) is 0 Å². The Balaban J connectivity index is 0.00000300. The standard InChI is InChI=1S/C22H32N6.HI/c1-3-24-22(26-13-8-19-7-12-23-16-18(19)2)27-20-9-14-28(15-10-20)17-21-6-4-5-11-25-21;/h4-7,11-12,16,20H,3,8-10,13-15,17H2,1-2H3,(H2,24,26,27);1H. The Labute approximate surface area is 191 Å². The van der Waals surface area contributed by atoms with E-state index in [1.807, 2.05) is 24.7 Å². The van der Waals surface area contributed by atoms with E-state index in [4.69, 9.17) is 4.99 Å². The summed E-state index contributed by atoms with van der Waals surface area (Å²) in [7, 11) is 0. The molecule has 2 aromatic heterocycles. The summed E-state index contributed by atoms with van der Waals surface area (Å²) in [6.45, 7) is 8.98. The topological polar surface area (TPSA) is 65.4 Å². The SMILES string of the molecule is CCNC(=NCCc1ccncc1C)NC1CCN(Cc2ccccn2)CC1.I. The van der Waals surface area contributed by atoms with E-state index in [1.165, 1.54) is 11.1 Å². The van der Waals surface area contributed by atoms with Crippen molar-refractivity contribution in [2.45, 2.75) is 45.7 Å². The first kappa shape index (κ1) is 23.5. The number of pyridine rings is 2. The molecule has 2 N–H and O–H groups in total. The van der Waals surface area contributed by atoms with Gasteiger partial charge < -0.3 is 10.6 Å². The predicted molar refractivity (Wildman–Crippen MR) is 130 cm³/mol. The first-order chi connectivity index (χ1) is 13.7. The number of piperidine rings is 1. The zero-order valence-corrected chi connectivity index (χ0v) is 19.8. The van der Waals surface area contributed by atoms with E-state index >= 15 is 0 Å². The van der Waals surface area contributed by atoms with Crippen molar-refractivity contribution in [2.24, 2.45) is 4.99 Å². The van der Waals surface area contributed by atoms with E-state index < -0.39 is 0 Å². The molecule has 0 aliphatic carbocycles. The lowest BCUT2D eigenvalue weighted by Gasteiger charge is -2.32. The molecule has 0 unspecified atom stereocenters. The van der Waals surface area contributed by atoms with Gasteiger partial charge >= 0.3 is 0 Å². The van der Waals surface area contributed by atoms with Crippen LogP contribution in [0.2, 0.25) is 0 Å². The first-order valence-electron chi connectivity index (χ1n) is 10.3. The van der Waals surface area contributed by atoms with Crippen LogP contribution >= 0.6 is 24.0 Å². The molecule has 0 saturated carbocycles. The van der Waals surface area contributed by atoms with E-state index in [9.17, 15) is 0 Å². The van der Waals surface area contributed by atoms with Crippen molar-refractivity contribution < 1.29 is 0 Å². The molecule has 1 fully saturated rings. The maximum Gasteiger partial charge on any atom is 0.191 e. The number of aromatic nitrogens is 2. The number of halogens is 1. The number of aryl methyl sites for hydroxylation is 1. The number of guanidine groups is 1. The number of nitrogens with one attached hydrogen (secondary N) is 2. The van der Waals surface area contributed by atoms with E-state index in [-0.39, 0.29) is 24.0 Å². The summed E-state index contributed by atoms with van der Waals surface area (Å²) in [6, 6.07) is 8.69. The second-order valence-electron chi connectivity index (χ2n) is 7.33. The second-order valence-corrected chi connectivity index (χ2v) is 7.33. The predicted octanol–water partition coefficient (Wildman–Crippen LogP) is 3.17. The second kappa shape index (κ2) is 12.7. The van der Waals surface area contributed by atoms with Gasteiger partial charge in [0.25, 0.3) is 0 Å². The molecule has 0 amide bonds. The van der Waals surface area contributed by atoms with Crippen molar-refractivity contribution in [3.63, 3.8) is 0 Å². The minimum atomic E-state index is 0. The van der Waals surface area contributed by atoms with Crippen LogP contribution in [-0.2, 0) is 13.0 Å². The highest BCUT2D eigenvalue weighted by Gasteiger charge is 2.20. The Kier molecular flexibility index (Phi) is 10.3. The summed E-state index contributed by atoms with van der Waals surface area (Å²) in [6.07, 6.45) is 8.83. The summed E-state index contributed by atoms with van der Waals surface area (Å²) in [4.78, 5) is 15.9. The fourth-order valence-corrected chi connectivity index (χ4v) is 3.54. The fraction of sp³-hybridized carbons (Fsp3) is 0.500. The van der Waals surface area contributed by atoms with Crippen molar-refractivity contribution in [3.8, 4) is 0 Å².